The monoisotopic (exact) mass is 259 g/mol. The number of nitrogens with one attached hydrogen (secondary N) is 2. The zero-order valence-electron chi connectivity index (χ0n) is 9.95. The van der Waals surface area contributed by atoms with Crippen LogP contribution < -0.4 is 5.32 Å². The van der Waals surface area contributed by atoms with Gasteiger partial charge in [0.25, 0.3) is 0 Å². The van der Waals surface area contributed by atoms with Gasteiger partial charge < -0.3 is 5.32 Å². The van der Waals surface area contributed by atoms with Crippen molar-refractivity contribution in [1.82, 2.24) is 10.2 Å². The lowest BCUT2D eigenvalue weighted by Gasteiger charge is -2.07. The van der Waals surface area contributed by atoms with Crippen molar-refractivity contribution in [2.24, 2.45) is 0 Å². The number of aromatic amines is 1. The van der Waals surface area contributed by atoms with Gasteiger partial charge in [-0.3, -0.25) is 5.10 Å². The van der Waals surface area contributed by atoms with Gasteiger partial charge in [-0.2, -0.15) is 5.10 Å². The van der Waals surface area contributed by atoms with Gasteiger partial charge in [-0.25, -0.2) is 8.78 Å². The van der Waals surface area contributed by atoms with Gasteiger partial charge >= 0.3 is 0 Å². The lowest BCUT2D eigenvalue weighted by molar-refractivity contribution is 0.507. The Hall–Kier alpha value is -2.43. The van der Waals surface area contributed by atoms with Crippen LogP contribution in [0, 0.1) is 11.6 Å². The van der Waals surface area contributed by atoms with Gasteiger partial charge in [-0.1, -0.05) is 18.2 Å². The number of benzene rings is 2. The Labute approximate surface area is 108 Å². The Morgan fingerprint density at radius 3 is 2.84 bits per heavy atom. The highest BCUT2D eigenvalue weighted by Gasteiger charge is 2.04. The van der Waals surface area contributed by atoms with E-state index in [-0.39, 0.29) is 0 Å². The Bertz CT molecular complexity index is 722. The van der Waals surface area contributed by atoms with Gasteiger partial charge in [0.2, 0.25) is 0 Å². The summed E-state index contributed by atoms with van der Waals surface area (Å²) >= 11 is 0. The minimum Gasteiger partial charge on any atom is -0.379 e. The molecule has 0 aliphatic carbocycles. The summed E-state index contributed by atoms with van der Waals surface area (Å²) in [6.07, 6.45) is 1.73. The lowest BCUT2D eigenvalue weighted by atomic mass is 10.2. The van der Waals surface area contributed by atoms with Crippen molar-refractivity contribution in [2.75, 3.05) is 5.32 Å². The van der Waals surface area contributed by atoms with E-state index in [9.17, 15) is 8.78 Å². The van der Waals surface area contributed by atoms with Crippen LogP contribution in [0.2, 0.25) is 0 Å². The zero-order chi connectivity index (χ0) is 13.2. The Morgan fingerprint density at radius 2 is 2.00 bits per heavy atom. The number of H-pyrrole nitrogens is 1. The van der Waals surface area contributed by atoms with E-state index in [0.717, 1.165) is 22.7 Å². The van der Waals surface area contributed by atoms with E-state index < -0.39 is 11.6 Å². The van der Waals surface area contributed by atoms with Gasteiger partial charge in [-0.05, 0) is 23.8 Å². The average Bonchev–Trinajstić information content (AvgIpc) is 2.89. The van der Waals surface area contributed by atoms with Gasteiger partial charge in [0.05, 0.1) is 17.4 Å². The van der Waals surface area contributed by atoms with Gasteiger partial charge in [-0.15, -0.1) is 0 Å². The maximum Gasteiger partial charge on any atom is 0.159 e. The molecule has 2 N–H and O–H groups in total. The van der Waals surface area contributed by atoms with Crippen LogP contribution in [0.15, 0.2) is 42.6 Å². The number of rotatable bonds is 3. The molecule has 0 radical (unpaired) electrons. The molecule has 1 heterocycles. The van der Waals surface area contributed by atoms with E-state index in [0.29, 0.717) is 12.1 Å². The quantitative estimate of drug-likeness (QED) is 0.756. The van der Waals surface area contributed by atoms with Gasteiger partial charge in [0, 0.05) is 11.9 Å². The van der Waals surface area contributed by atoms with Gasteiger partial charge in [0.1, 0.15) is 0 Å². The fraction of sp³-hybridized carbons (Fsp3) is 0.0714. The second kappa shape index (κ2) is 4.68. The van der Waals surface area contributed by atoms with Crippen LogP contribution in [0.3, 0.4) is 0 Å². The van der Waals surface area contributed by atoms with E-state index in [2.05, 4.69) is 15.5 Å². The topological polar surface area (TPSA) is 40.7 Å². The Balaban J connectivity index is 1.82. The summed E-state index contributed by atoms with van der Waals surface area (Å²) in [5.74, 6) is -1.67. The molecule has 0 spiro atoms. The van der Waals surface area contributed by atoms with Crippen LogP contribution in [0.25, 0.3) is 10.9 Å². The summed E-state index contributed by atoms with van der Waals surface area (Å²) in [6.45, 7) is 0.412. The molecule has 0 aliphatic rings. The van der Waals surface area contributed by atoms with Crippen molar-refractivity contribution in [3.05, 3.63) is 59.8 Å². The summed E-state index contributed by atoms with van der Waals surface area (Å²) in [6, 6.07) is 9.63. The molecule has 2 aromatic carbocycles. The molecule has 0 bridgehead atoms. The first-order valence-corrected chi connectivity index (χ1v) is 5.84. The number of anilines is 1. The van der Waals surface area contributed by atoms with Crippen molar-refractivity contribution in [2.45, 2.75) is 6.54 Å². The minimum atomic E-state index is -0.834. The zero-order valence-corrected chi connectivity index (χ0v) is 9.95. The maximum atomic E-state index is 13.1. The summed E-state index contributed by atoms with van der Waals surface area (Å²) in [4.78, 5) is 0. The standard InChI is InChI=1S/C14H11F2N3/c15-11-5-4-9(6-12(11)16)7-17-13-3-1-2-10-8-18-19-14(10)13/h1-6,8,17H,7H2,(H,18,19). The molecule has 0 amide bonds. The van der Waals surface area contributed by atoms with Crippen molar-refractivity contribution in [1.29, 1.82) is 0 Å². The number of fused-ring (bicyclic) bond motifs is 1. The molecule has 0 aliphatic heterocycles. The van der Waals surface area contributed by atoms with Crippen molar-refractivity contribution in [3.63, 3.8) is 0 Å². The highest BCUT2D eigenvalue weighted by atomic mass is 19.2. The van der Waals surface area contributed by atoms with Crippen LogP contribution in [0.1, 0.15) is 5.56 Å². The highest BCUT2D eigenvalue weighted by Crippen LogP contribution is 2.21. The van der Waals surface area contributed by atoms with E-state index in [1.807, 2.05) is 18.2 Å². The van der Waals surface area contributed by atoms with Crippen molar-refractivity contribution >= 4 is 16.6 Å². The molecule has 0 unspecified atom stereocenters. The van der Waals surface area contributed by atoms with Crippen LogP contribution in [0.4, 0.5) is 14.5 Å². The number of hydrogen-bond acceptors (Lipinski definition) is 2. The molecule has 0 fully saturated rings. The summed E-state index contributed by atoms with van der Waals surface area (Å²) in [5, 5.41) is 11.0. The number of aromatic nitrogens is 2. The third-order valence-corrected chi connectivity index (χ3v) is 2.94. The molecule has 1 aromatic heterocycles. The fourth-order valence-electron chi connectivity index (χ4n) is 1.96. The van der Waals surface area contributed by atoms with E-state index in [1.54, 1.807) is 12.3 Å². The molecule has 0 saturated carbocycles. The van der Waals surface area contributed by atoms with E-state index in [1.165, 1.54) is 6.07 Å². The molecule has 5 heteroatoms. The van der Waals surface area contributed by atoms with Crippen LogP contribution in [0.5, 0.6) is 0 Å². The number of halogens is 2. The summed E-state index contributed by atoms with van der Waals surface area (Å²) in [7, 11) is 0. The SMILES string of the molecule is Fc1ccc(CNc2cccc3cn[nH]c23)cc1F. The molecule has 3 rings (SSSR count). The number of hydrogen-bond donors (Lipinski definition) is 2. The third-order valence-electron chi connectivity index (χ3n) is 2.94. The smallest absolute Gasteiger partial charge is 0.159 e. The first kappa shape index (κ1) is 11.6. The minimum absolute atomic E-state index is 0.412. The Kier molecular flexibility index (Phi) is 2.87. The second-order valence-corrected chi connectivity index (χ2v) is 4.24. The fourth-order valence-corrected chi connectivity index (χ4v) is 1.96. The van der Waals surface area contributed by atoms with Crippen LogP contribution in [-0.4, -0.2) is 10.2 Å². The summed E-state index contributed by atoms with van der Waals surface area (Å²) in [5.41, 5.74) is 2.44. The van der Waals surface area contributed by atoms with Crippen molar-refractivity contribution in [3.8, 4) is 0 Å². The molecule has 96 valence electrons. The average molecular weight is 259 g/mol. The maximum absolute atomic E-state index is 13.1. The molecule has 0 atom stereocenters. The highest BCUT2D eigenvalue weighted by molar-refractivity contribution is 5.89. The van der Waals surface area contributed by atoms with Crippen LogP contribution in [-0.2, 0) is 6.54 Å². The van der Waals surface area contributed by atoms with Gasteiger partial charge in [0.15, 0.2) is 11.6 Å². The molecule has 3 aromatic rings. The normalized spacial score (nSPS) is 10.8. The molecule has 3 nitrogen and oxygen atoms in total. The molecular weight excluding hydrogens is 248 g/mol. The van der Waals surface area contributed by atoms with E-state index in [4.69, 9.17) is 0 Å². The van der Waals surface area contributed by atoms with Crippen LogP contribution >= 0.6 is 0 Å². The second-order valence-electron chi connectivity index (χ2n) is 4.24. The third kappa shape index (κ3) is 2.27. The lowest BCUT2D eigenvalue weighted by Crippen LogP contribution is -2.01. The predicted octanol–water partition coefficient (Wildman–Crippen LogP) is 3.45. The first-order chi connectivity index (χ1) is 9.24. The molecular formula is C14H11F2N3. The predicted molar refractivity (Wildman–Crippen MR) is 69.8 cm³/mol. The Morgan fingerprint density at radius 1 is 1.11 bits per heavy atom. The first-order valence-electron chi connectivity index (χ1n) is 5.84. The summed E-state index contributed by atoms with van der Waals surface area (Å²) < 4.78 is 25.9. The number of nitrogens with zero attached hydrogens (tertiary/aromatic N) is 1. The molecule has 19 heavy (non-hydrogen) atoms. The number of para-hydroxylation sites is 1. The van der Waals surface area contributed by atoms with Crippen molar-refractivity contribution < 1.29 is 8.78 Å². The van der Waals surface area contributed by atoms with E-state index >= 15 is 0 Å². The largest absolute Gasteiger partial charge is 0.379 e. The molecule has 0 saturated heterocycles.